The first kappa shape index (κ1) is 9.98. The highest BCUT2D eigenvalue weighted by atomic mass is 32.2. The van der Waals surface area contributed by atoms with E-state index in [0.29, 0.717) is 5.69 Å². The molecule has 1 aliphatic rings. The van der Waals surface area contributed by atoms with Crippen molar-refractivity contribution >= 4 is 29.0 Å². The number of carbonyl (C=O) groups excluding carboxylic acids is 1. The van der Waals surface area contributed by atoms with E-state index in [0.717, 1.165) is 29.6 Å². The van der Waals surface area contributed by atoms with Crippen LogP contribution in [0, 0.1) is 6.92 Å². The molecule has 3 nitrogen and oxygen atoms in total. The van der Waals surface area contributed by atoms with Crippen molar-refractivity contribution in [2.75, 3.05) is 24.6 Å². The summed E-state index contributed by atoms with van der Waals surface area (Å²) in [6.07, 6.45) is 0. The number of amides is 1. The van der Waals surface area contributed by atoms with Gasteiger partial charge in [-0.25, -0.2) is 4.98 Å². The largest absolute Gasteiger partial charge is 0.336 e. The predicted octanol–water partition coefficient (Wildman–Crippen LogP) is 1.64. The van der Waals surface area contributed by atoms with Gasteiger partial charge in [-0.15, -0.1) is 11.3 Å². The lowest BCUT2D eigenvalue weighted by atomic mass is 10.4. The van der Waals surface area contributed by atoms with Crippen LogP contribution in [-0.4, -0.2) is 40.4 Å². The lowest BCUT2D eigenvalue weighted by Crippen LogP contribution is -2.38. The molecule has 0 unspecified atom stereocenters. The molecule has 1 aromatic heterocycles. The van der Waals surface area contributed by atoms with Crippen LogP contribution in [0.4, 0.5) is 0 Å². The van der Waals surface area contributed by atoms with Gasteiger partial charge in [-0.3, -0.25) is 4.79 Å². The van der Waals surface area contributed by atoms with E-state index in [-0.39, 0.29) is 5.91 Å². The second kappa shape index (κ2) is 4.31. The molecule has 76 valence electrons. The third kappa shape index (κ3) is 2.09. The number of hydrogen-bond donors (Lipinski definition) is 0. The third-order valence-corrected chi connectivity index (χ3v) is 3.85. The van der Waals surface area contributed by atoms with Gasteiger partial charge < -0.3 is 4.90 Å². The molecule has 1 aromatic rings. The molecule has 0 spiro atoms. The quantitative estimate of drug-likeness (QED) is 0.732. The van der Waals surface area contributed by atoms with Crippen LogP contribution in [0.3, 0.4) is 0 Å². The van der Waals surface area contributed by atoms with Crippen molar-refractivity contribution in [3.63, 3.8) is 0 Å². The summed E-state index contributed by atoms with van der Waals surface area (Å²) in [6.45, 7) is 3.65. The third-order valence-electron chi connectivity index (χ3n) is 2.14. The van der Waals surface area contributed by atoms with E-state index in [9.17, 15) is 4.79 Å². The van der Waals surface area contributed by atoms with Crippen LogP contribution >= 0.6 is 23.1 Å². The Bertz CT molecular complexity index is 331. The van der Waals surface area contributed by atoms with E-state index in [4.69, 9.17) is 0 Å². The number of nitrogens with zero attached hydrogens (tertiary/aromatic N) is 2. The normalized spacial score (nSPS) is 17.1. The first-order chi connectivity index (χ1) is 6.77. The summed E-state index contributed by atoms with van der Waals surface area (Å²) < 4.78 is 0. The van der Waals surface area contributed by atoms with Gasteiger partial charge in [0.1, 0.15) is 5.69 Å². The van der Waals surface area contributed by atoms with Crippen molar-refractivity contribution in [2.45, 2.75) is 6.92 Å². The number of hydrogen-bond acceptors (Lipinski definition) is 4. The van der Waals surface area contributed by atoms with Crippen molar-refractivity contribution < 1.29 is 4.79 Å². The summed E-state index contributed by atoms with van der Waals surface area (Å²) in [5.74, 6) is 2.19. The molecule has 0 saturated carbocycles. The Hall–Kier alpha value is -0.550. The molecule has 0 radical (unpaired) electrons. The predicted molar refractivity (Wildman–Crippen MR) is 60.1 cm³/mol. The van der Waals surface area contributed by atoms with Gasteiger partial charge in [-0.05, 0) is 6.92 Å². The van der Waals surface area contributed by atoms with Crippen molar-refractivity contribution in [2.24, 2.45) is 0 Å². The number of aryl methyl sites for hydroxylation is 1. The number of rotatable bonds is 1. The average Bonchev–Trinajstić information content (AvgIpc) is 2.65. The van der Waals surface area contributed by atoms with E-state index in [2.05, 4.69) is 4.98 Å². The molecule has 0 aliphatic carbocycles. The molecular formula is C9H12N2OS2. The minimum absolute atomic E-state index is 0.0923. The van der Waals surface area contributed by atoms with Crippen molar-refractivity contribution in [1.82, 2.24) is 9.88 Å². The number of carbonyl (C=O) groups is 1. The second-order valence-corrected chi connectivity index (χ2v) is 5.44. The summed E-state index contributed by atoms with van der Waals surface area (Å²) >= 11 is 3.44. The van der Waals surface area contributed by atoms with Gasteiger partial charge in [0.2, 0.25) is 0 Å². The Balaban J connectivity index is 2.07. The van der Waals surface area contributed by atoms with Crippen LogP contribution in [0.2, 0.25) is 0 Å². The second-order valence-electron chi connectivity index (χ2n) is 3.16. The summed E-state index contributed by atoms with van der Waals surface area (Å²) in [5, 5.41) is 2.80. The summed E-state index contributed by atoms with van der Waals surface area (Å²) in [6, 6.07) is 0. The van der Waals surface area contributed by atoms with Gasteiger partial charge >= 0.3 is 0 Å². The van der Waals surface area contributed by atoms with Gasteiger partial charge in [0.05, 0.1) is 5.01 Å². The Morgan fingerprint density at radius 2 is 2.21 bits per heavy atom. The zero-order valence-electron chi connectivity index (χ0n) is 8.02. The molecule has 1 fully saturated rings. The highest BCUT2D eigenvalue weighted by Gasteiger charge is 2.19. The lowest BCUT2D eigenvalue weighted by molar-refractivity contribution is 0.0767. The maximum atomic E-state index is 11.9. The summed E-state index contributed by atoms with van der Waals surface area (Å²) in [4.78, 5) is 18.0. The van der Waals surface area contributed by atoms with Crippen LogP contribution in [0.5, 0.6) is 0 Å². The number of thiazole rings is 1. The maximum Gasteiger partial charge on any atom is 0.273 e. The molecule has 2 rings (SSSR count). The zero-order chi connectivity index (χ0) is 9.97. The van der Waals surface area contributed by atoms with Gasteiger partial charge in [0.15, 0.2) is 0 Å². The van der Waals surface area contributed by atoms with E-state index in [1.165, 1.54) is 11.3 Å². The molecule has 2 heterocycles. The standard InChI is InChI=1S/C9H12N2OS2/c1-7-10-8(6-14-7)9(12)11-2-4-13-5-3-11/h6H,2-5H2,1H3. The van der Waals surface area contributed by atoms with Crippen molar-refractivity contribution in [1.29, 1.82) is 0 Å². The van der Waals surface area contributed by atoms with Gasteiger partial charge in [-0.2, -0.15) is 11.8 Å². The van der Waals surface area contributed by atoms with Gasteiger partial charge in [0, 0.05) is 30.0 Å². The monoisotopic (exact) mass is 228 g/mol. The smallest absolute Gasteiger partial charge is 0.273 e. The van der Waals surface area contributed by atoms with Gasteiger partial charge in [0.25, 0.3) is 5.91 Å². The fourth-order valence-electron chi connectivity index (χ4n) is 1.39. The Morgan fingerprint density at radius 1 is 1.50 bits per heavy atom. The van der Waals surface area contributed by atoms with Crippen LogP contribution in [0.1, 0.15) is 15.5 Å². The Morgan fingerprint density at radius 3 is 2.79 bits per heavy atom. The van der Waals surface area contributed by atoms with Gasteiger partial charge in [-0.1, -0.05) is 0 Å². The van der Waals surface area contributed by atoms with Crippen LogP contribution < -0.4 is 0 Å². The Labute approximate surface area is 91.5 Å². The fraction of sp³-hybridized carbons (Fsp3) is 0.556. The minimum atomic E-state index is 0.0923. The molecule has 14 heavy (non-hydrogen) atoms. The minimum Gasteiger partial charge on any atom is -0.336 e. The van der Waals surface area contributed by atoms with E-state index in [1.807, 2.05) is 29.0 Å². The van der Waals surface area contributed by atoms with Crippen LogP contribution in [-0.2, 0) is 0 Å². The summed E-state index contributed by atoms with van der Waals surface area (Å²) in [5.41, 5.74) is 0.611. The fourth-order valence-corrected chi connectivity index (χ4v) is 2.88. The number of aromatic nitrogens is 1. The molecule has 0 aromatic carbocycles. The zero-order valence-corrected chi connectivity index (χ0v) is 9.66. The molecule has 1 aliphatic heterocycles. The highest BCUT2D eigenvalue weighted by Crippen LogP contribution is 2.14. The van der Waals surface area contributed by atoms with E-state index < -0.39 is 0 Å². The molecule has 0 atom stereocenters. The topological polar surface area (TPSA) is 33.2 Å². The maximum absolute atomic E-state index is 11.9. The summed E-state index contributed by atoms with van der Waals surface area (Å²) in [7, 11) is 0. The lowest BCUT2D eigenvalue weighted by Gasteiger charge is -2.25. The van der Waals surface area contributed by atoms with Crippen LogP contribution in [0.25, 0.3) is 0 Å². The highest BCUT2D eigenvalue weighted by molar-refractivity contribution is 7.99. The van der Waals surface area contributed by atoms with Crippen molar-refractivity contribution in [3.05, 3.63) is 16.1 Å². The van der Waals surface area contributed by atoms with Crippen LogP contribution in [0.15, 0.2) is 5.38 Å². The molecular weight excluding hydrogens is 216 g/mol. The van der Waals surface area contributed by atoms with Crippen molar-refractivity contribution in [3.8, 4) is 0 Å². The first-order valence-corrected chi connectivity index (χ1v) is 6.60. The SMILES string of the molecule is Cc1nc(C(=O)N2CCSCC2)cs1. The molecule has 0 bridgehead atoms. The average molecular weight is 228 g/mol. The first-order valence-electron chi connectivity index (χ1n) is 4.56. The number of thioether (sulfide) groups is 1. The van der Waals surface area contributed by atoms with E-state index in [1.54, 1.807) is 0 Å². The molecule has 1 amide bonds. The Kier molecular flexibility index (Phi) is 3.08. The van der Waals surface area contributed by atoms with E-state index >= 15 is 0 Å². The molecule has 5 heteroatoms. The molecule has 1 saturated heterocycles. The molecule has 0 N–H and O–H groups in total.